The van der Waals surface area contributed by atoms with E-state index in [-0.39, 0.29) is 0 Å². The summed E-state index contributed by atoms with van der Waals surface area (Å²) in [6.45, 7) is 0. The quantitative estimate of drug-likeness (QED) is 0.800. The van der Waals surface area contributed by atoms with Gasteiger partial charge in [-0.3, -0.25) is 0 Å². The van der Waals surface area contributed by atoms with E-state index >= 15 is 0 Å². The van der Waals surface area contributed by atoms with Crippen LogP contribution in [0.2, 0.25) is 0 Å². The Bertz CT molecular complexity index is 608. The van der Waals surface area contributed by atoms with Gasteiger partial charge in [-0.05, 0) is 67.2 Å². The first-order valence-electron chi connectivity index (χ1n) is 7.07. The number of fused-ring (bicyclic) bond motifs is 1. The van der Waals surface area contributed by atoms with Crippen LogP contribution in [0.5, 0.6) is 0 Å². The third-order valence-electron chi connectivity index (χ3n) is 3.68. The standard InChI is InChI=1S/C17H18N2S/c20-17(18-14-9-2-1-3-10-14)19-16-12-6-8-13-7-4-5-11-15(13)16/h1-3,6,8-10,12H,4-5,7,11H2,(H2,18,19,20). The van der Waals surface area contributed by atoms with Gasteiger partial charge < -0.3 is 10.6 Å². The van der Waals surface area contributed by atoms with Crippen molar-refractivity contribution >= 4 is 28.7 Å². The maximum Gasteiger partial charge on any atom is 0.175 e. The minimum Gasteiger partial charge on any atom is -0.332 e. The van der Waals surface area contributed by atoms with E-state index in [0.717, 1.165) is 17.8 Å². The van der Waals surface area contributed by atoms with Gasteiger partial charge in [0.2, 0.25) is 0 Å². The predicted molar refractivity (Wildman–Crippen MR) is 89.4 cm³/mol. The molecule has 0 fully saturated rings. The number of anilines is 2. The molecule has 0 radical (unpaired) electrons. The average Bonchev–Trinajstić information content (AvgIpc) is 2.48. The van der Waals surface area contributed by atoms with Crippen LogP contribution in [0.15, 0.2) is 48.5 Å². The summed E-state index contributed by atoms with van der Waals surface area (Å²) in [5.74, 6) is 0. The molecular weight excluding hydrogens is 264 g/mol. The first-order chi connectivity index (χ1) is 9.83. The van der Waals surface area contributed by atoms with Gasteiger partial charge in [0.25, 0.3) is 0 Å². The smallest absolute Gasteiger partial charge is 0.175 e. The van der Waals surface area contributed by atoms with E-state index in [9.17, 15) is 0 Å². The van der Waals surface area contributed by atoms with Crippen LogP contribution in [0, 0.1) is 0 Å². The lowest BCUT2D eigenvalue weighted by atomic mass is 9.90. The van der Waals surface area contributed by atoms with E-state index in [1.807, 2.05) is 30.3 Å². The molecule has 0 saturated heterocycles. The molecule has 20 heavy (non-hydrogen) atoms. The lowest BCUT2D eigenvalue weighted by Crippen LogP contribution is -2.20. The maximum atomic E-state index is 5.40. The van der Waals surface area contributed by atoms with Gasteiger partial charge in [0.15, 0.2) is 5.11 Å². The summed E-state index contributed by atoms with van der Waals surface area (Å²) in [4.78, 5) is 0. The Morgan fingerprint density at radius 2 is 1.65 bits per heavy atom. The zero-order valence-corrected chi connectivity index (χ0v) is 12.2. The van der Waals surface area contributed by atoms with Gasteiger partial charge in [0.05, 0.1) is 0 Å². The SMILES string of the molecule is S=C(Nc1ccccc1)Nc1cccc2c1CCCC2. The van der Waals surface area contributed by atoms with Crippen LogP contribution in [0.25, 0.3) is 0 Å². The van der Waals surface area contributed by atoms with Crippen LogP contribution in [0.4, 0.5) is 11.4 Å². The number of rotatable bonds is 2. The Morgan fingerprint density at radius 3 is 2.50 bits per heavy atom. The van der Waals surface area contributed by atoms with E-state index in [1.54, 1.807) is 0 Å². The summed E-state index contributed by atoms with van der Waals surface area (Å²) in [5, 5.41) is 7.20. The zero-order valence-electron chi connectivity index (χ0n) is 11.4. The van der Waals surface area contributed by atoms with Crippen molar-refractivity contribution in [2.75, 3.05) is 10.6 Å². The lowest BCUT2D eigenvalue weighted by Gasteiger charge is -2.20. The fourth-order valence-corrected chi connectivity index (χ4v) is 2.93. The molecule has 0 heterocycles. The Morgan fingerprint density at radius 1 is 0.850 bits per heavy atom. The third-order valence-corrected chi connectivity index (χ3v) is 3.88. The van der Waals surface area contributed by atoms with Crippen LogP contribution < -0.4 is 10.6 Å². The van der Waals surface area contributed by atoms with Crippen molar-refractivity contribution in [3.63, 3.8) is 0 Å². The molecule has 2 nitrogen and oxygen atoms in total. The van der Waals surface area contributed by atoms with Gasteiger partial charge in [-0.15, -0.1) is 0 Å². The molecule has 0 spiro atoms. The highest BCUT2D eigenvalue weighted by atomic mass is 32.1. The van der Waals surface area contributed by atoms with Crippen molar-refractivity contribution in [1.82, 2.24) is 0 Å². The topological polar surface area (TPSA) is 24.1 Å². The number of nitrogens with one attached hydrogen (secondary N) is 2. The van der Waals surface area contributed by atoms with Gasteiger partial charge in [-0.25, -0.2) is 0 Å². The van der Waals surface area contributed by atoms with Crippen molar-refractivity contribution in [2.45, 2.75) is 25.7 Å². The molecule has 0 atom stereocenters. The summed E-state index contributed by atoms with van der Waals surface area (Å²) in [5.41, 5.74) is 5.05. The minimum atomic E-state index is 0.648. The maximum absolute atomic E-state index is 5.40. The second-order valence-electron chi connectivity index (χ2n) is 5.10. The fourth-order valence-electron chi connectivity index (χ4n) is 2.70. The average molecular weight is 282 g/mol. The fraction of sp³-hybridized carbons (Fsp3) is 0.235. The predicted octanol–water partition coefficient (Wildman–Crippen LogP) is 4.37. The van der Waals surface area contributed by atoms with Gasteiger partial charge in [0, 0.05) is 11.4 Å². The van der Waals surface area contributed by atoms with Gasteiger partial charge in [-0.1, -0.05) is 30.3 Å². The van der Waals surface area contributed by atoms with Crippen LogP contribution in [0.1, 0.15) is 24.0 Å². The normalized spacial score (nSPS) is 13.4. The minimum absolute atomic E-state index is 0.648. The van der Waals surface area contributed by atoms with E-state index in [1.165, 1.54) is 30.4 Å². The second-order valence-corrected chi connectivity index (χ2v) is 5.50. The summed E-state index contributed by atoms with van der Waals surface area (Å²) >= 11 is 5.40. The first kappa shape index (κ1) is 13.1. The third kappa shape index (κ3) is 2.99. The summed E-state index contributed by atoms with van der Waals surface area (Å²) < 4.78 is 0. The van der Waals surface area contributed by atoms with E-state index in [0.29, 0.717) is 5.11 Å². The van der Waals surface area contributed by atoms with Crippen molar-refractivity contribution in [3.05, 3.63) is 59.7 Å². The molecule has 3 heteroatoms. The van der Waals surface area contributed by atoms with E-state index < -0.39 is 0 Å². The molecule has 1 aliphatic rings. The molecule has 0 bridgehead atoms. The second kappa shape index (κ2) is 6.06. The van der Waals surface area contributed by atoms with Crippen molar-refractivity contribution < 1.29 is 0 Å². The Hall–Kier alpha value is -1.87. The summed E-state index contributed by atoms with van der Waals surface area (Å²) in [6, 6.07) is 16.5. The molecule has 2 aromatic carbocycles. The molecule has 0 aliphatic heterocycles. The molecule has 0 amide bonds. The largest absolute Gasteiger partial charge is 0.332 e. The van der Waals surface area contributed by atoms with Crippen LogP contribution in [0.3, 0.4) is 0 Å². The monoisotopic (exact) mass is 282 g/mol. The number of hydrogen-bond acceptors (Lipinski definition) is 1. The first-order valence-corrected chi connectivity index (χ1v) is 7.47. The van der Waals surface area contributed by atoms with E-state index in [4.69, 9.17) is 12.2 Å². The molecule has 0 saturated carbocycles. The van der Waals surface area contributed by atoms with Crippen LogP contribution in [-0.4, -0.2) is 5.11 Å². The highest BCUT2D eigenvalue weighted by molar-refractivity contribution is 7.80. The van der Waals surface area contributed by atoms with Crippen molar-refractivity contribution in [1.29, 1.82) is 0 Å². The number of hydrogen-bond donors (Lipinski definition) is 2. The molecule has 102 valence electrons. The lowest BCUT2D eigenvalue weighted by molar-refractivity contribution is 0.687. The van der Waals surface area contributed by atoms with Gasteiger partial charge >= 0.3 is 0 Å². The Kier molecular flexibility index (Phi) is 3.97. The molecule has 1 aliphatic carbocycles. The molecule has 0 unspecified atom stereocenters. The van der Waals surface area contributed by atoms with Crippen LogP contribution in [-0.2, 0) is 12.8 Å². The van der Waals surface area contributed by atoms with E-state index in [2.05, 4.69) is 28.8 Å². The summed E-state index contributed by atoms with van der Waals surface area (Å²) in [6.07, 6.45) is 4.89. The molecule has 0 aromatic heterocycles. The zero-order chi connectivity index (χ0) is 13.8. The molecule has 2 N–H and O–H groups in total. The number of benzene rings is 2. The number of aryl methyl sites for hydroxylation is 1. The Balaban J connectivity index is 1.73. The molecule has 2 aromatic rings. The van der Waals surface area contributed by atoms with Crippen molar-refractivity contribution in [2.24, 2.45) is 0 Å². The molecule has 3 rings (SSSR count). The Labute approximate surface area is 125 Å². The van der Waals surface area contributed by atoms with Gasteiger partial charge in [-0.2, -0.15) is 0 Å². The van der Waals surface area contributed by atoms with Gasteiger partial charge in [0.1, 0.15) is 0 Å². The highest BCUT2D eigenvalue weighted by Crippen LogP contribution is 2.27. The highest BCUT2D eigenvalue weighted by Gasteiger charge is 2.13. The summed E-state index contributed by atoms with van der Waals surface area (Å²) in [7, 11) is 0. The number of para-hydroxylation sites is 1. The number of thiocarbonyl (C=S) groups is 1. The van der Waals surface area contributed by atoms with Crippen molar-refractivity contribution in [3.8, 4) is 0 Å². The van der Waals surface area contributed by atoms with Crippen LogP contribution >= 0.6 is 12.2 Å². The molecular formula is C17H18N2S.